The lowest BCUT2D eigenvalue weighted by molar-refractivity contribution is -0.142. The SMILES string of the molecule is O=C(NCC(=O)N1CC(O)C1)C1CCCC1. The van der Waals surface area contributed by atoms with Crippen molar-refractivity contribution in [1.29, 1.82) is 0 Å². The molecule has 1 saturated heterocycles. The second-order valence-corrected chi connectivity index (χ2v) is 4.65. The van der Waals surface area contributed by atoms with Crippen molar-refractivity contribution in [1.82, 2.24) is 10.2 Å². The molecule has 2 rings (SSSR count). The molecule has 0 radical (unpaired) electrons. The van der Waals surface area contributed by atoms with Gasteiger partial charge in [-0.15, -0.1) is 0 Å². The van der Waals surface area contributed by atoms with Gasteiger partial charge in [0.25, 0.3) is 0 Å². The zero-order valence-electron chi connectivity index (χ0n) is 9.32. The standard InChI is InChI=1S/C11H18N2O3/c14-9-6-13(7-9)10(15)5-12-11(16)8-3-1-2-4-8/h8-9,14H,1-7H2,(H,12,16). The van der Waals surface area contributed by atoms with Crippen LogP contribution in [0.25, 0.3) is 0 Å². The van der Waals surface area contributed by atoms with Crippen LogP contribution in [0, 0.1) is 5.92 Å². The van der Waals surface area contributed by atoms with Crippen LogP contribution in [0.2, 0.25) is 0 Å². The number of nitrogens with one attached hydrogen (secondary N) is 1. The van der Waals surface area contributed by atoms with E-state index < -0.39 is 0 Å². The predicted octanol–water partition coefficient (Wildman–Crippen LogP) is -0.504. The van der Waals surface area contributed by atoms with Crippen molar-refractivity contribution in [3.8, 4) is 0 Å². The minimum Gasteiger partial charge on any atom is -0.389 e. The Kier molecular flexibility index (Phi) is 3.43. The molecule has 0 bridgehead atoms. The van der Waals surface area contributed by atoms with E-state index in [4.69, 9.17) is 5.11 Å². The topological polar surface area (TPSA) is 69.6 Å². The molecule has 1 saturated carbocycles. The molecule has 1 aliphatic heterocycles. The average molecular weight is 226 g/mol. The Morgan fingerprint density at radius 2 is 1.88 bits per heavy atom. The lowest BCUT2D eigenvalue weighted by atomic mass is 10.1. The summed E-state index contributed by atoms with van der Waals surface area (Å²) in [6, 6.07) is 0. The van der Waals surface area contributed by atoms with Crippen LogP contribution in [-0.4, -0.2) is 47.6 Å². The number of carbonyl (C=O) groups is 2. The molecular weight excluding hydrogens is 208 g/mol. The van der Waals surface area contributed by atoms with Crippen LogP contribution in [0.15, 0.2) is 0 Å². The molecule has 2 aliphatic rings. The Hall–Kier alpha value is -1.10. The second-order valence-electron chi connectivity index (χ2n) is 4.65. The molecule has 0 atom stereocenters. The van der Waals surface area contributed by atoms with Gasteiger partial charge in [-0.05, 0) is 12.8 Å². The number of likely N-dealkylation sites (tertiary alicyclic amines) is 1. The number of nitrogens with zero attached hydrogens (tertiary/aromatic N) is 1. The Morgan fingerprint density at radius 1 is 1.25 bits per heavy atom. The summed E-state index contributed by atoms with van der Waals surface area (Å²) in [7, 11) is 0. The van der Waals surface area contributed by atoms with Crippen molar-refractivity contribution in [3.05, 3.63) is 0 Å². The molecule has 0 aromatic carbocycles. The van der Waals surface area contributed by atoms with E-state index in [1.165, 1.54) is 0 Å². The normalized spacial score (nSPS) is 21.9. The molecule has 5 nitrogen and oxygen atoms in total. The van der Waals surface area contributed by atoms with Crippen molar-refractivity contribution >= 4 is 11.8 Å². The molecule has 2 fully saturated rings. The van der Waals surface area contributed by atoms with Crippen molar-refractivity contribution in [2.45, 2.75) is 31.8 Å². The highest BCUT2D eigenvalue weighted by molar-refractivity contribution is 5.86. The highest BCUT2D eigenvalue weighted by atomic mass is 16.3. The number of aliphatic hydroxyl groups excluding tert-OH is 1. The Balaban J connectivity index is 1.66. The van der Waals surface area contributed by atoms with Crippen LogP contribution >= 0.6 is 0 Å². The van der Waals surface area contributed by atoms with Gasteiger partial charge in [-0.3, -0.25) is 9.59 Å². The van der Waals surface area contributed by atoms with Crippen molar-refractivity contribution in [3.63, 3.8) is 0 Å². The Bertz CT molecular complexity index is 281. The van der Waals surface area contributed by atoms with E-state index in [1.54, 1.807) is 4.90 Å². The zero-order valence-corrected chi connectivity index (χ0v) is 9.32. The molecule has 16 heavy (non-hydrogen) atoms. The molecule has 2 N–H and O–H groups in total. The molecule has 0 aromatic rings. The Labute approximate surface area is 94.8 Å². The smallest absolute Gasteiger partial charge is 0.242 e. The maximum absolute atomic E-state index is 11.6. The quantitative estimate of drug-likeness (QED) is 0.681. The third-order valence-corrected chi connectivity index (χ3v) is 3.35. The fourth-order valence-corrected chi connectivity index (χ4v) is 2.27. The van der Waals surface area contributed by atoms with Crippen LogP contribution in [0.3, 0.4) is 0 Å². The molecule has 1 aliphatic carbocycles. The molecule has 0 aromatic heterocycles. The zero-order chi connectivity index (χ0) is 11.5. The van der Waals surface area contributed by atoms with Gasteiger partial charge in [0.05, 0.1) is 12.6 Å². The number of amides is 2. The van der Waals surface area contributed by atoms with Gasteiger partial charge >= 0.3 is 0 Å². The van der Waals surface area contributed by atoms with Gasteiger partial charge in [0.2, 0.25) is 11.8 Å². The fourth-order valence-electron chi connectivity index (χ4n) is 2.27. The monoisotopic (exact) mass is 226 g/mol. The average Bonchev–Trinajstić information content (AvgIpc) is 2.74. The first-order valence-corrected chi connectivity index (χ1v) is 5.90. The van der Waals surface area contributed by atoms with Crippen molar-refractivity contribution in [2.75, 3.05) is 19.6 Å². The third-order valence-electron chi connectivity index (χ3n) is 3.35. The van der Waals surface area contributed by atoms with Gasteiger partial charge in [-0.1, -0.05) is 12.8 Å². The summed E-state index contributed by atoms with van der Waals surface area (Å²) in [6.07, 6.45) is 3.74. The summed E-state index contributed by atoms with van der Waals surface area (Å²) in [4.78, 5) is 24.7. The van der Waals surface area contributed by atoms with Gasteiger partial charge in [0, 0.05) is 19.0 Å². The van der Waals surface area contributed by atoms with Gasteiger partial charge in [-0.2, -0.15) is 0 Å². The maximum Gasteiger partial charge on any atom is 0.242 e. The third kappa shape index (κ3) is 2.52. The molecule has 1 heterocycles. The van der Waals surface area contributed by atoms with Crippen LogP contribution in [0.5, 0.6) is 0 Å². The van der Waals surface area contributed by atoms with Gasteiger partial charge in [0.15, 0.2) is 0 Å². The van der Waals surface area contributed by atoms with Crippen molar-refractivity contribution < 1.29 is 14.7 Å². The summed E-state index contributed by atoms with van der Waals surface area (Å²) in [5.74, 6) is 0.0124. The van der Waals surface area contributed by atoms with Crippen LogP contribution < -0.4 is 5.32 Å². The van der Waals surface area contributed by atoms with Crippen molar-refractivity contribution in [2.24, 2.45) is 5.92 Å². The first-order valence-electron chi connectivity index (χ1n) is 5.90. The lowest BCUT2D eigenvalue weighted by Crippen LogP contribution is -2.56. The molecule has 5 heteroatoms. The van der Waals surface area contributed by atoms with Gasteiger partial charge in [0.1, 0.15) is 0 Å². The molecule has 0 unspecified atom stereocenters. The van der Waals surface area contributed by atoms with Crippen LogP contribution in [-0.2, 0) is 9.59 Å². The predicted molar refractivity (Wildman–Crippen MR) is 57.6 cm³/mol. The number of carbonyl (C=O) groups excluding carboxylic acids is 2. The summed E-state index contributed by atoms with van der Waals surface area (Å²) in [5, 5.41) is 11.7. The maximum atomic E-state index is 11.6. The summed E-state index contributed by atoms with van der Waals surface area (Å²) in [6.45, 7) is 0.873. The Morgan fingerprint density at radius 3 is 2.44 bits per heavy atom. The summed E-state index contributed by atoms with van der Waals surface area (Å²) < 4.78 is 0. The number of rotatable bonds is 3. The van der Waals surface area contributed by atoms with Gasteiger partial charge < -0.3 is 15.3 Å². The first kappa shape index (κ1) is 11.4. The highest BCUT2D eigenvalue weighted by Crippen LogP contribution is 2.24. The van der Waals surface area contributed by atoms with E-state index in [0.29, 0.717) is 13.1 Å². The second kappa shape index (κ2) is 4.82. The van der Waals surface area contributed by atoms with E-state index in [-0.39, 0.29) is 30.4 Å². The van der Waals surface area contributed by atoms with E-state index in [0.717, 1.165) is 25.7 Å². The highest BCUT2D eigenvalue weighted by Gasteiger charge is 2.29. The van der Waals surface area contributed by atoms with E-state index in [9.17, 15) is 9.59 Å². The molecule has 0 spiro atoms. The minimum atomic E-state index is -0.380. The number of hydrogen-bond donors (Lipinski definition) is 2. The number of β-amino-alcohol motifs (C(OH)–C–C–N with tert-alkyl or cyclic N) is 1. The first-order chi connectivity index (χ1) is 7.66. The minimum absolute atomic E-state index is 0.00641. The summed E-state index contributed by atoms with van der Waals surface area (Å²) >= 11 is 0. The van der Waals surface area contributed by atoms with E-state index in [1.807, 2.05) is 0 Å². The number of aliphatic hydroxyl groups is 1. The van der Waals surface area contributed by atoms with Crippen LogP contribution in [0.1, 0.15) is 25.7 Å². The molecular formula is C11H18N2O3. The fraction of sp³-hybridized carbons (Fsp3) is 0.818. The number of hydrogen-bond acceptors (Lipinski definition) is 3. The molecule has 90 valence electrons. The van der Waals surface area contributed by atoms with E-state index >= 15 is 0 Å². The summed E-state index contributed by atoms with van der Waals surface area (Å²) in [5.41, 5.74) is 0. The molecule has 2 amide bonds. The lowest BCUT2D eigenvalue weighted by Gasteiger charge is -2.35. The largest absolute Gasteiger partial charge is 0.389 e. The van der Waals surface area contributed by atoms with Gasteiger partial charge in [-0.25, -0.2) is 0 Å². The van der Waals surface area contributed by atoms with E-state index in [2.05, 4.69) is 5.32 Å². The van der Waals surface area contributed by atoms with Crippen LogP contribution in [0.4, 0.5) is 0 Å².